The van der Waals surface area contributed by atoms with Gasteiger partial charge in [-0.05, 0) is 42.3 Å². The van der Waals surface area contributed by atoms with Crippen molar-refractivity contribution in [2.75, 3.05) is 10.7 Å². The van der Waals surface area contributed by atoms with Crippen molar-refractivity contribution in [3.8, 4) is 22.8 Å². The molecule has 0 N–H and O–H groups in total. The molecule has 15 heteroatoms. The predicted molar refractivity (Wildman–Crippen MR) is 153 cm³/mol. The number of hydrogen-bond acceptors (Lipinski definition) is 7. The molecule has 2 aliphatic heterocycles. The molecule has 4 aromatic rings. The third kappa shape index (κ3) is 5.64. The fourth-order valence-electron chi connectivity index (χ4n) is 4.93. The zero-order valence-electron chi connectivity index (χ0n) is 22.8. The standard InChI is InChI=1S/C29H22F6N6O2S/c1-2-24-22-5-3-4-6-23(22)41-26(44-16-27(41,43-24)28(30,31)32)38-37-15-18-7-9-19(10-8-18)25-36-17-40(39-25)20-11-13-21(14-12-20)42-29(33,34)35/h3-15,17,24H,2,16H2,1H3/b37-15+,38-26-. The number of ether oxygens (including phenoxy) is 2. The van der Waals surface area contributed by atoms with Crippen LogP contribution in [0.4, 0.5) is 32.0 Å². The summed E-state index contributed by atoms with van der Waals surface area (Å²) in [6, 6.07) is 18.9. The lowest BCUT2D eigenvalue weighted by atomic mass is 9.98. The highest BCUT2D eigenvalue weighted by molar-refractivity contribution is 8.14. The summed E-state index contributed by atoms with van der Waals surface area (Å²) >= 11 is 0.929. The summed E-state index contributed by atoms with van der Waals surface area (Å²) in [4.78, 5) is 5.35. The molecule has 1 fully saturated rings. The second-order valence-electron chi connectivity index (χ2n) is 9.78. The van der Waals surface area contributed by atoms with Crippen molar-refractivity contribution >= 4 is 28.8 Å². The third-order valence-electron chi connectivity index (χ3n) is 6.97. The van der Waals surface area contributed by atoms with Crippen molar-refractivity contribution in [1.29, 1.82) is 0 Å². The zero-order chi connectivity index (χ0) is 31.1. The number of benzene rings is 3. The summed E-state index contributed by atoms with van der Waals surface area (Å²) < 4.78 is 91.6. The van der Waals surface area contributed by atoms with Crippen LogP contribution in [-0.2, 0) is 4.74 Å². The van der Waals surface area contributed by atoms with Crippen molar-refractivity contribution in [3.63, 3.8) is 0 Å². The Labute approximate surface area is 251 Å². The van der Waals surface area contributed by atoms with Gasteiger partial charge in [-0.1, -0.05) is 61.2 Å². The molecule has 0 bridgehead atoms. The van der Waals surface area contributed by atoms with E-state index < -0.39 is 24.4 Å². The van der Waals surface area contributed by atoms with Gasteiger partial charge in [-0.25, -0.2) is 9.67 Å². The van der Waals surface area contributed by atoms with Crippen molar-refractivity contribution in [1.82, 2.24) is 14.8 Å². The second kappa shape index (κ2) is 11.3. The fourth-order valence-corrected chi connectivity index (χ4v) is 6.09. The Hall–Kier alpha value is -4.37. The van der Waals surface area contributed by atoms with Crippen molar-refractivity contribution in [2.45, 2.75) is 37.7 Å². The summed E-state index contributed by atoms with van der Waals surface area (Å²) in [5, 5.41) is 12.7. The molecular weight excluding hydrogens is 610 g/mol. The number of nitrogens with zero attached hydrogens (tertiary/aromatic N) is 6. The van der Waals surface area contributed by atoms with Crippen LogP contribution in [0.5, 0.6) is 5.75 Å². The van der Waals surface area contributed by atoms with E-state index in [-0.39, 0.29) is 16.7 Å². The molecule has 0 saturated carbocycles. The quantitative estimate of drug-likeness (QED) is 0.124. The minimum Gasteiger partial charge on any atom is -0.406 e. The number of hydrogen-bond donors (Lipinski definition) is 0. The van der Waals surface area contributed by atoms with E-state index in [2.05, 4.69) is 25.0 Å². The van der Waals surface area contributed by atoms with Gasteiger partial charge in [-0.2, -0.15) is 18.3 Å². The van der Waals surface area contributed by atoms with Crippen LogP contribution in [0.3, 0.4) is 0 Å². The molecule has 3 aromatic carbocycles. The summed E-state index contributed by atoms with van der Waals surface area (Å²) in [6.07, 6.45) is -6.93. The number of rotatable bonds is 6. The van der Waals surface area contributed by atoms with E-state index in [9.17, 15) is 26.3 Å². The number of thioether (sulfide) groups is 1. The SMILES string of the molecule is CCC1OC2(C(F)(F)F)CS/C(=N\N=C\c3ccc(-c4ncn(-c5ccc(OC(F)(F)F)cc5)n4)cc3)N2c2ccccc21. The second-order valence-corrected chi connectivity index (χ2v) is 10.7. The lowest BCUT2D eigenvalue weighted by Gasteiger charge is -2.46. The Morgan fingerprint density at radius 2 is 1.75 bits per heavy atom. The monoisotopic (exact) mass is 632 g/mol. The lowest BCUT2D eigenvalue weighted by Crippen LogP contribution is -2.62. The molecular formula is C29H22F6N6O2S. The maximum Gasteiger partial charge on any atom is 0.573 e. The van der Waals surface area contributed by atoms with E-state index >= 15 is 0 Å². The average Bonchev–Trinajstić information content (AvgIpc) is 3.63. The van der Waals surface area contributed by atoms with Gasteiger partial charge in [0.1, 0.15) is 12.1 Å². The predicted octanol–water partition coefficient (Wildman–Crippen LogP) is 7.52. The van der Waals surface area contributed by atoms with Gasteiger partial charge in [0.2, 0.25) is 0 Å². The van der Waals surface area contributed by atoms with Crippen LogP contribution in [0.2, 0.25) is 0 Å². The molecule has 8 nitrogen and oxygen atoms in total. The van der Waals surface area contributed by atoms with Crippen LogP contribution >= 0.6 is 11.8 Å². The molecule has 2 unspecified atom stereocenters. The lowest BCUT2D eigenvalue weighted by molar-refractivity contribution is -0.281. The van der Waals surface area contributed by atoms with Gasteiger partial charge in [-0.15, -0.1) is 23.4 Å². The molecule has 0 aliphatic carbocycles. The van der Waals surface area contributed by atoms with Crippen molar-refractivity contribution in [3.05, 3.63) is 90.3 Å². The molecule has 2 atom stereocenters. The van der Waals surface area contributed by atoms with Gasteiger partial charge in [0.15, 0.2) is 11.0 Å². The van der Waals surface area contributed by atoms with E-state index in [1.807, 2.05) is 0 Å². The van der Waals surface area contributed by atoms with Gasteiger partial charge < -0.3 is 9.47 Å². The zero-order valence-corrected chi connectivity index (χ0v) is 23.6. The third-order valence-corrected chi connectivity index (χ3v) is 8.03. The Balaban J connectivity index is 1.19. The average molecular weight is 633 g/mol. The summed E-state index contributed by atoms with van der Waals surface area (Å²) in [6.45, 7) is 1.79. The largest absolute Gasteiger partial charge is 0.573 e. The Morgan fingerprint density at radius 1 is 1.02 bits per heavy atom. The van der Waals surface area contributed by atoms with Crippen molar-refractivity contribution < 1.29 is 35.8 Å². The number of alkyl halides is 6. The van der Waals surface area contributed by atoms with Gasteiger partial charge in [-0.3, -0.25) is 4.90 Å². The van der Waals surface area contributed by atoms with Crippen LogP contribution < -0.4 is 9.64 Å². The van der Waals surface area contributed by atoms with Crippen LogP contribution in [-0.4, -0.2) is 50.2 Å². The maximum atomic E-state index is 14.5. The molecule has 0 radical (unpaired) electrons. The number of para-hydroxylation sites is 1. The first-order valence-electron chi connectivity index (χ1n) is 13.2. The number of halogens is 6. The van der Waals surface area contributed by atoms with Gasteiger partial charge >= 0.3 is 12.5 Å². The first-order chi connectivity index (χ1) is 21.0. The summed E-state index contributed by atoms with van der Waals surface area (Å²) in [5.74, 6) is -0.367. The molecule has 6 rings (SSSR count). The molecule has 1 saturated heterocycles. The minimum absolute atomic E-state index is 0.0740. The topological polar surface area (TPSA) is 77.1 Å². The molecule has 44 heavy (non-hydrogen) atoms. The van der Waals surface area contributed by atoms with E-state index in [1.54, 1.807) is 55.5 Å². The fraction of sp³-hybridized carbons (Fsp3) is 0.241. The Bertz CT molecular complexity index is 1710. The minimum atomic E-state index is -4.78. The number of anilines is 1. The first kappa shape index (κ1) is 29.7. The van der Waals surface area contributed by atoms with E-state index in [4.69, 9.17) is 4.74 Å². The Kier molecular flexibility index (Phi) is 7.61. The molecule has 3 heterocycles. The van der Waals surface area contributed by atoms with Crippen molar-refractivity contribution in [2.24, 2.45) is 10.2 Å². The number of amidine groups is 1. The molecule has 228 valence electrons. The van der Waals surface area contributed by atoms with Gasteiger partial charge in [0, 0.05) is 11.1 Å². The first-order valence-corrected chi connectivity index (χ1v) is 14.2. The number of aromatic nitrogens is 3. The Morgan fingerprint density at radius 3 is 2.43 bits per heavy atom. The van der Waals surface area contributed by atoms with Crippen LogP contribution in [0, 0.1) is 0 Å². The highest BCUT2D eigenvalue weighted by Gasteiger charge is 2.67. The van der Waals surface area contributed by atoms with E-state index in [1.165, 1.54) is 41.5 Å². The van der Waals surface area contributed by atoms with Gasteiger partial charge in [0.25, 0.3) is 5.72 Å². The maximum absolute atomic E-state index is 14.5. The molecule has 0 spiro atoms. The normalized spacial score (nSPS) is 21.1. The molecule has 1 aromatic heterocycles. The highest BCUT2D eigenvalue weighted by atomic mass is 32.2. The smallest absolute Gasteiger partial charge is 0.406 e. The molecule has 2 aliphatic rings. The summed E-state index contributed by atoms with van der Waals surface area (Å²) in [5.41, 5.74) is 0.268. The van der Waals surface area contributed by atoms with Crippen LogP contribution in [0.15, 0.2) is 89.3 Å². The molecule has 0 amide bonds. The van der Waals surface area contributed by atoms with Crippen LogP contribution in [0.25, 0.3) is 17.1 Å². The highest BCUT2D eigenvalue weighted by Crippen LogP contribution is 2.55. The summed E-state index contributed by atoms with van der Waals surface area (Å²) in [7, 11) is 0. The van der Waals surface area contributed by atoms with E-state index in [0.717, 1.165) is 16.7 Å². The van der Waals surface area contributed by atoms with Crippen LogP contribution in [0.1, 0.15) is 30.6 Å². The number of fused-ring (bicyclic) bond motifs is 3. The van der Waals surface area contributed by atoms with E-state index in [0.29, 0.717) is 40.3 Å². The van der Waals surface area contributed by atoms with Gasteiger partial charge in [0.05, 0.1) is 29.4 Å².